The Hall–Kier alpha value is -1.40. The van der Waals surface area contributed by atoms with E-state index in [0.29, 0.717) is 5.88 Å². The van der Waals surface area contributed by atoms with Gasteiger partial charge in [0.25, 0.3) is 0 Å². The molecule has 106 valence electrons. The number of imidazole rings is 1. The fourth-order valence-electron chi connectivity index (χ4n) is 2.44. The molecule has 3 heterocycles. The summed E-state index contributed by atoms with van der Waals surface area (Å²) in [7, 11) is 1.96. The third-order valence-electron chi connectivity index (χ3n) is 3.33. The molecule has 0 bridgehead atoms. The molecule has 0 spiro atoms. The molecule has 0 unspecified atom stereocenters. The highest BCUT2D eigenvalue weighted by Gasteiger charge is 2.18. The molecule has 0 aliphatic heterocycles. The fraction of sp³-hybridized carbons (Fsp3) is 0.462. The Morgan fingerprint density at radius 1 is 1.40 bits per heavy atom. The molecule has 0 amide bonds. The van der Waals surface area contributed by atoms with Gasteiger partial charge in [0.2, 0.25) is 0 Å². The zero-order valence-corrected chi connectivity index (χ0v) is 13.1. The Kier molecular flexibility index (Phi) is 3.76. The summed E-state index contributed by atoms with van der Waals surface area (Å²) in [5.41, 5.74) is 5.98. The van der Waals surface area contributed by atoms with Gasteiger partial charge in [-0.2, -0.15) is 5.10 Å². The number of halogens is 1. The molecule has 0 N–H and O–H groups in total. The van der Waals surface area contributed by atoms with Crippen molar-refractivity contribution in [1.29, 1.82) is 0 Å². The molecule has 5 nitrogen and oxygen atoms in total. The maximum absolute atomic E-state index is 5.91. The molecule has 0 fully saturated rings. The normalized spacial score (nSPS) is 11.6. The minimum atomic E-state index is 0.565. The van der Waals surface area contributed by atoms with Crippen LogP contribution in [0.25, 0.3) is 11.2 Å². The Balaban J connectivity index is 2.15. The van der Waals surface area contributed by atoms with Gasteiger partial charge in [-0.3, -0.25) is 4.68 Å². The summed E-state index contributed by atoms with van der Waals surface area (Å²) in [4.78, 5) is 9.11. The fourth-order valence-corrected chi connectivity index (χ4v) is 3.16. The van der Waals surface area contributed by atoms with Gasteiger partial charge in [0.15, 0.2) is 5.65 Å². The van der Waals surface area contributed by atoms with E-state index in [1.54, 1.807) is 11.3 Å². The van der Waals surface area contributed by atoms with Crippen molar-refractivity contribution < 1.29 is 0 Å². The summed E-state index contributed by atoms with van der Waals surface area (Å²) in [6.45, 7) is 2.82. The molecule has 3 aromatic rings. The molecule has 0 aliphatic rings. The predicted molar refractivity (Wildman–Crippen MR) is 81.5 cm³/mol. The van der Waals surface area contributed by atoms with Gasteiger partial charge in [0.05, 0.1) is 23.4 Å². The third-order valence-corrected chi connectivity index (χ3v) is 4.15. The standard InChI is InChI=1S/C13H16ClN5S/c1-3-10-12-13(18(2)17-10)19(11(16-12)4-5-14)6-9-7-20-8-15-9/h7-8H,3-6H2,1-2H3. The van der Waals surface area contributed by atoms with E-state index in [9.17, 15) is 0 Å². The van der Waals surface area contributed by atoms with Gasteiger partial charge in [-0.15, -0.1) is 22.9 Å². The van der Waals surface area contributed by atoms with Crippen LogP contribution in [0.4, 0.5) is 0 Å². The number of rotatable bonds is 5. The predicted octanol–water partition coefficient (Wildman–Crippen LogP) is 2.62. The third kappa shape index (κ3) is 2.23. The van der Waals surface area contributed by atoms with Crippen molar-refractivity contribution >= 4 is 34.1 Å². The lowest BCUT2D eigenvalue weighted by atomic mass is 10.3. The van der Waals surface area contributed by atoms with E-state index in [4.69, 9.17) is 16.6 Å². The van der Waals surface area contributed by atoms with Crippen LogP contribution in [-0.2, 0) is 26.4 Å². The Morgan fingerprint density at radius 3 is 2.90 bits per heavy atom. The molecule has 3 rings (SSSR count). The van der Waals surface area contributed by atoms with Crippen LogP contribution in [0.5, 0.6) is 0 Å². The van der Waals surface area contributed by atoms with Crippen LogP contribution in [0.15, 0.2) is 10.9 Å². The summed E-state index contributed by atoms with van der Waals surface area (Å²) in [5, 5.41) is 6.60. The Morgan fingerprint density at radius 2 is 2.25 bits per heavy atom. The number of fused-ring (bicyclic) bond motifs is 1. The van der Waals surface area contributed by atoms with Gasteiger partial charge < -0.3 is 4.57 Å². The number of thiazole rings is 1. The van der Waals surface area contributed by atoms with Gasteiger partial charge >= 0.3 is 0 Å². The summed E-state index contributed by atoms with van der Waals surface area (Å²) >= 11 is 7.52. The smallest absolute Gasteiger partial charge is 0.159 e. The molecule has 0 radical (unpaired) electrons. The monoisotopic (exact) mass is 309 g/mol. The maximum atomic E-state index is 5.91. The van der Waals surface area contributed by atoms with Crippen molar-refractivity contribution in [2.75, 3.05) is 5.88 Å². The van der Waals surface area contributed by atoms with Crippen molar-refractivity contribution in [3.05, 3.63) is 28.1 Å². The van der Waals surface area contributed by atoms with E-state index in [0.717, 1.165) is 47.8 Å². The van der Waals surface area contributed by atoms with Gasteiger partial charge in [0.1, 0.15) is 11.3 Å². The maximum Gasteiger partial charge on any atom is 0.159 e. The zero-order valence-electron chi connectivity index (χ0n) is 11.5. The first-order chi connectivity index (χ1) is 9.74. The van der Waals surface area contributed by atoms with E-state index >= 15 is 0 Å². The Labute approximate surface area is 126 Å². The highest BCUT2D eigenvalue weighted by Crippen LogP contribution is 2.22. The second-order valence-electron chi connectivity index (χ2n) is 4.63. The summed E-state index contributed by atoms with van der Waals surface area (Å²) in [5.74, 6) is 1.57. The van der Waals surface area contributed by atoms with Crippen LogP contribution in [0.2, 0.25) is 0 Å². The van der Waals surface area contributed by atoms with Crippen LogP contribution in [0, 0.1) is 0 Å². The van der Waals surface area contributed by atoms with Crippen LogP contribution < -0.4 is 0 Å². The number of nitrogens with zero attached hydrogens (tertiary/aromatic N) is 5. The van der Waals surface area contributed by atoms with Gasteiger partial charge in [-0.05, 0) is 6.42 Å². The van der Waals surface area contributed by atoms with E-state index in [1.165, 1.54) is 0 Å². The van der Waals surface area contributed by atoms with Crippen molar-refractivity contribution in [3.8, 4) is 0 Å². The highest BCUT2D eigenvalue weighted by atomic mass is 35.5. The van der Waals surface area contributed by atoms with E-state index in [2.05, 4.69) is 27.0 Å². The average molecular weight is 310 g/mol. The number of aryl methyl sites for hydroxylation is 3. The molecule has 0 aliphatic carbocycles. The van der Waals surface area contributed by atoms with Crippen molar-refractivity contribution in [2.24, 2.45) is 7.05 Å². The summed E-state index contributed by atoms with van der Waals surface area (Å²) < 4.78 is 4.09. The highest BCUT2D eigenvalue weighted by molar-refractivity contribution is 7.07. The number of hydrogen-bond acceptors (Lipinski definition) is 4. The largest absolute Gasteiger partial charge is 0.307 e. The van der Waals surface area contributed by atoms with Gasteiger partial charge in [-0.1, -0.05) is 6.92 Å². The topological polar surface area (TPSA) is 48.5 Å². The lowest BCUT2D eigenvalue weighted by Gasteiger charge is -2.07. The Bertz CT molecular complexity index is 713. The first-order valence-corrected chi connectivity index (χ1v) is 8.06. The molecule has 0 aromatic carbocycles. The molecular formula is C13H16ClN5S. The molecule has 7 heteroatoms. The van der Waals surface area contributed by atoms with Crippen molar-refractivity contribution in [2.45, 2.75) is 26.3 Å². The van der Waals surface area contributed by atoms with Crippen molar-refractivity contribution in [3.63, 3.8) is 0 Å². The molecule has 3 aromatic heterocycles. The lowest BCUT2D eigenvalue weighted by Crippen LogP contribution is -2.09. The lowest BCUT2D eigenvalue weighted by molar-refractivity contribution is 0.682. The van der Waals surface area contributed by atoms with Gasteiger partial charge in [-0.25, -0.2) is 9.97 Å². The molecule has 0 saturated carbocycles. The van der Waals surface area contributed by atoms with E-state index < -0.39 is 0 Å². The number of alkyl halides is 1. The van der Waals surface area contributed by atoms with Crippen LogP contribution in [0.3, 0.4) is 0 Å². The van der Waals surface area contributed by atoms with E-state index in [1.807, 2.05) is 17.2 Å². The van der Waals surface area contributed by atoms with E-state index in [-0.39, 0.29) is 0 Å². The average Bonchev–Trinajstić information content (AvgIpc) is 3.11. The van der Waals surface area contributed by atoms with Crippen LogP contribution in [0.1, 0.15) is 24.1 Å². The second-order valence-corrected chi connectivity index (χ2v) is 5.73. The minimum Gasteiger partial charge on any atom is -0.307 e. The van der Waals surface area contributed by atoms with Crippen LogP contribution in [-0.4, -0.2) is 30.2 Å². The van der Waals surface area contributed by atoms with Crippen molar-refractivity contribution in [1.82, 2.24) is 24.3 Å². The first kappa shape index (κ1) is 13.6. The van der Waals surface area contributed by atoms with Gasteiger partial charge in [0, 0.05) is 24.7 Å². The molecule has 0 saturated heterocycles. The molecular weight excluding hydrogens is 294 g/mol. The SMILES string of the molecule is CCc1nn(C)c2c1nc(CCCl)n2Cc1cscn1. The number of aromatic nitrogens is 5. The van der Waals surface area contributed by atoms with Crippen LogP contribution >= 0.6 is 22.9 Å². The quantitative estimate of drug-likeness (QED) is 0.681. The number of hydrogen-bond donors (Lipinski definition) is 0. The molecule has 0 atom stereocenters. The summed E-state index contributed by atoms with van der Waals surface area (Å²) in [6.07, 6.45) is 1.63. The first-order valence-electron chi connectivity index (χ1n) is 6.58. The zero-order chi connectivity index (χ0) is 14.1. The summed E-state index contributed by atoms with van der Waals surface area (Å²) in [6, 6.07) is 0. The second kappa shape index (κ2) is 5.54. The molecule has 20 heavy (non-hydrogen) atoms. The minimum absolute atomic E-state index is 0.565.